The van der Waals surface area contributed by atoms with Crippen LogP contribution in [0.15, 0.2) is 36.9 Å². The molecular weight excluding hydrogens is 176 g/mol. The second kappa shape index (κ2) is 4.29. The zero-order chi connectivity index (χ0) is 10.6. The van der Waals surface area contributed by atoms with Crippen molar-refractivity contribution in [3.05, 3.63) is 42.5 Å². The molecule has 14 heavy (non-hydrogen) atoms. The maximum absolute atomic E-state index is 9.26. The fourth-order valence-electron chi connectivity index (χ4n) is 1.25. The third-order valence-corrected chi connectivity index (χ3v) is 2.53. The van der Waals surface area contributed by atoms with Crippen LogP contribution in [0.4, 0.5) is 0 Å². The lowest BCUT2D eigenvalue weighted by atomic mass is 9.83. The van der Waals surface area contributed by atoms with Gasteiger partial charge in [-0.25, -0.2) is 0 Å². The lowest BCUT2D eigenvalue weighted by molar-refractivity contribution is 0.236. The predicted molar refractivity (Wildman–Crippen MR) is 57.6 cm³/mol. The van der Waals surface area contributed by atoms with Gasteiger partial charge in [-0.05, 0) is 24.6 Å². The van der Waals surface area contributed by atoms with Crippen molar-refractivity contribution in [1.29, 1.82) is 0 Å². The lowest BCUT2D eigenvalue weighted by Gasteiger charge is -2.23. The van der Waals surface area contributed by atoms with Gasteiger partial charge < -0.3 is 9.84 Å². The number of hydrogen-bond acceptors (Lipinski definition) is 2. The van der Waals surface area contributed by atoms with Crippen LogP contribution in [0.2, 0.25) is 0 Å². The highest BCUT2D eigenvalue weighted by atomic mass is 16.5. The van der Waals surface area contributed by atoms with Crippen LogP contribution in [0, 0.1) is 0 Å². The Labute approximate surface area is 84.8 Å². The molecule has 0 bridgehead atoms. The number of rotatable bonds is 4. The lowest BCUT2D eigenvalue weighted by Crippen LogP contribution is -2.23. The normalized spacial score (nSPS) is 14.5. The highest BCUT2D eigenvalue weighted by Gasteiger charge is 2.21. The summed E-state index contributed by atoms with van der Waals surface area (Å²) in [6, 6.07) is 7.65. The third kappa shape index (κ3) is 1.96. The molecule has 0 amide bonds. The first-order valence-electron chi connectivity index (χ1n) is 4.55. The molecular formula is C12H16O2. The zero-order valence-electron chi connectivity index (χ0n) is 8.66. The Hall–Kier alpha value is -1.28. The molecule has 0 aliphatic heterocycles. The van der Waals surface area contributed by atoms with Crippen molar-refractivity contribution in [3.63, 3.8) is 0 Å². The predicted octanol–water partition coefficient (Wildman–Crippen LogP) is 2.13. The Bertz CT molecular complexity index is 303. The Balaban J connectivity index is 3.01. The van der Waals surface area contributed by atoms with Crippen molar-refractivity contribution in [2.45, 2.75) is 12.3 Å². The van der Waals surface area contributed by atoms with Crippen LogP contribution in [-0.4, -0.2) is 18.8 Å². The smallest absolute Gasteiger partial charge is 0.118 e. The zero-order valence-corrected chi connectivity index (χ0v) is 8.66. The quantitative estimate of drug-likeness (QED) is 0.740. The van der Waals surface area contributed by atoms with E-state index in [0.717, 1.165) is 11.3 Å². The molecule has 1 aromatic rings. The van der Waals surface area contributed by atoms with E-state index < -0.39 is 0 Å². The van der Waals surface area contributed by atoms with Gasteiger partial charge in [-0.15, -0.1) is 6.58 Å². The van der Waals surface area contributed by atoms with Crippen LogP contribution in [0.5, 0.6) is 5.75 Å². The molecule has 1 N–H and O–H groups in total. The van der Waals surface area contributed by atoms with Crippen LogP contribution in [0.3, 0.4) is 0 Å². The molecule has 0 radical (unpaired) electrons. The van der Waals surface area contributed by atoms with Gasteiger partial charge in [-0.2, -0.15) is 0 Å². The minimum Gasteiger partial charge on any atom is -0.497 e. The maximum Gasteiger partial charge on any atom is 0.118 e. The van der Waals surface area contributed by atoms with Gasteiger partial charge in [0.25, 0.3) is 0 Å². The van der Waals surface area contributed by atoms with Crippen molar-refractivity contribution in [3.8, 4) is 5.75 Å². The van der Waals surface area contributed by atoms with Crippen molar-refractivity contribution in [1.82, 2.24) is 0 Å². The Morgan fingerprint density at radius 2 is 2.00 bits per heavy atom. The standard InChI is InChI=1S/C12H16O2/c1-4-12(2,9-13)10-5-7-11(14-3)8-6-10/h4-8,13H,1,9H2,2-3H3. The van der Waals surface area contributed by atoms with E-state index in [4.69, 9.17) is 4.74 Å². The third-order valence-electron chi connectivity index (χ3n) is 2.53. The van der Waals surface area contributed by atoms with Crippen molar-refractivity contribution < 1.29 is 9.84 Å². The van der Waals surface area contributed by atoms with Crippen molar-refractivity contribution in [2.24, 2.45) is 0 Å². The highest BCUT2D eigenvalue weighted by molar-refractivity contribution is 5.34. The monoisotopic (exact) mass is 192 g/mol. The molecule has 0 heterocycles. The number of aliphatic hydroxyl groups excluding tert-OH is 1. The number of aliphatic hydroxyl groups is 1. The van der Waals surface area contributed by atoms with Crippen LogP contribution in [0.25, 0.3) is 0 Å². The fraction of sp³-hybridized carbons (Fsp3) is 0.333. The van der Waals surface area contributed by atoms with E-state index in [9.17, 15) is 5.11 Å². The highest BCUT2D eigenvalue weighted by Crippen LogP contribution is 2.25. The summed E-state index contributed by atoms with van der Waals surface area (Å²) in [4.78, 5) is 0. The summed E-state index contributed by atoms with van der Waals surface area (Å²) in [6.45, 7) is 5.74. The summed E-state index contributed by atoms with van der Waals surface area (Å²) < 4.78 is 5.06. The van der Waals surface area contributed by atoms with E-state index in [2.05, 4.69) is 6.58 Å². The Morgan fingerprint density at radius 3 is 2.36 bits per heavy atom. The fourth-order valence-corrected chi connectivity index (χ4v) is 1.25. The molecule has 0 aromatic heterocycles. The average Bonchev–Trinajstić information content (AvgIpc) is 2.28. The molecule has 1 aromatic carbocycles. The van der Waals surface area contributed by atoms with E-state index in [1.165, 1.54) is 0 Å². The number of benzene rings is 1. The maximum atomic E-state index is 9.26. The molecule has 0 saturated carbocycles. The first-order chi connectivity index (χ1) is 6.66. The summed E-state index contributed by atoms with van der Waals surface area (Å²) >= 11 is 0. The van der Waals surface area contributed by atoms with Gasteiger partial charge in [-0.3, -0.25) is 0 Å². The van der Waals surface area contributed by atoms with Crippen LogP contribution < -0.4 is 4.74 Å². The Kier molecular flexibility index (Phi) is 3.31. The van der Waals surface area contributed by atoms with Crippen LogP contribution in [-0.2, 0) is 5.41 Å². The van der Waals surface area contributed by atoms with Gasteiger partial charge in [0.1, 0.15) is 5.75 Å². The second-order valence-corrected chi connectivity index (χ2v) is 3.51. The SMILES string of the molecule is C=CC(C)(CO)c1ccc(OC)cc1. The average molecular weight is 192 g/mol. The van der Waals surface area contributed by atoms with Gasteiger partial charge in [0, 0.05) is 5.41 Å². The summed E-state index contributed by atoms with van der Waals surface area (Å²) in [5.74, 6) is 0.818. The topological polar surface area (TPSA) is 29.5 Å². The summed E-state index contributed by atoms with van der Waals surface area (Å²) in [7, 11) is 1.63. The molecule has 1 atom stereocenters. The molecule has 2 nitrogen and oxygen atoms in total. The van der Waals surface area contributed by atoms with Crippen molar-refractivity contribution in [2.75, 3.05) is 13.7 Å². The molecule has 0 fully saturated rings. The molecule has 1 rings (SSSR count). The van der Waals surface area contributed by atoms with Gasteiger partial charge in [0.15, 0.2) is 0 Å². The Morgan fingerprint density at radius 1 is 1.43 bits per heavy atom. The van der Waals surface area contributed by atoms with Gasteiger partial charge >= 0.3 is 0 Å². The number of methoxy groups -OCH3 is 1. The van der Waals surface area contributed by atoms with Gasteiger partial charge in [-0.1, -0.05) is 18.2 Å². The molecule has 1 unspecified atom stereocenters. The molecule has 0 saturated heterocycles. The van der Waals surface area contributed by atoms with Crippen molar-refractivity contribution >= 4 is 0 Å². The minimum absolute atomic E-state index is 0.0584. The first kappa shape index (κ1) is 10.8. The largest absolute Gasteiger partial charge is 0.497 e. The van der Waals surface area contributed by atoms with E-state index >= 15 is 0 Å². The van der Waals surface area contributed by atoms with Crippen LogP contribution in [0.1, 0.15) is 12.5 Å². The molecule has 0 spiro atoms. The second-order valence-electron chi connectivity index (χ2n) is 3.51. The van der Waals surface area contributed by atoms with E-state index in [1.54, 1.807) is 13.2 Å². The van der Waals surface area contributed by atoms with E-state index in [1.807, 2.05) is 31.2 Å². The minimum atomic E-state index is -0.369. The molecule has 76 valence electrons. The molecule has 0 aliphatic carbocycles. The van der Waals surface area contributed by atoms with Crippen LogP contribution >= 0.6 is 0 Å². The summed E-state index contributed by atoms with van der Waals surface area (Å²) in [6.07, 6.45) is 1.76. The first-order valence-corrected chi connectivity index (χ1v) is 4.55. The summed E-state index contributed by atoms with van der Waals surface area (Å²) in [5, 5.41) is 9.26. The van der Waals surface area contributed by atoms with Gasteiger partial charge in [0.05, 0.1) is 13.7 Å². The van der Waals surface area contributed by atoms with Gasteiger partial charge in [0.2, 0.25) is 0 Å². The van der Waals surface area contributed by atoms with E-state index in [-0.39, 0.29) is 12.0 Å². The number of ether oxygens (including phenoxy) is 1. The number of hydrogen-bond donors (Lipinski definition) is 1. The molecule has 2 heteroatoms. The molecule has 0 aliphatic rings. The van der Waals surface area contributed by atoms with E-state index in [0.29, 0.717) is 0 Å². The summed E-state index contributed by atoms with van der Waals surface area (Å²) in [5.41, 5.74) is 0.669.